The lowest BCUT2D eigenvalue weighted by Crippen LogP contribution is -2.64. The summed E-state index contributed by atoms with van der Waals surface area (Å²) >= 11 is 0. The van der Waals surface area contributed by atoms with Crippen LogP contribution in [0, 0.1) is 0 Å². The molecule has 1 atom stereocenters. The van der Waals surface area contributed by atoms with Crippen molar-refractivity contribution in [3.63, 3.8) is 0 Å². The molecule has 0 unspecified atom stereocenters. The smallest absolute Gasteiger partial charge is 0.425 e. The third-order valence-electron chi connectivity index (χ3n) is 4.45. The molecular weight excluding hydrogens is 389 g/mol. The number of rotatable bonds is 3. The maximum atomic E-state index is 14.3. The number of carbonyl (C=O) groups is 3. The Morgan fingerprint density at radius 1 is 1.00 bits per heavy atom. The van der Waals surface area contributed by atoms with Crippen LogP contribution in [0.1, 0.15) is 17.3 Å². The third kappa shape index (κ3) is 3.14. The van der Waals surface area contributed by atoms with Crippen LogP contribution in [0.25, 0.3) is 0 Å². The molecule has 2 aromatic rings. The SMILES string of the molecule is C/C(O)=C1/C(=O)N(c2ccccc2)C(=O)[C@]1(NC(=O)c1ccccc1)C(F)(F)F. The number of aliphatic hydroxyl groups is 1. The van der Waals surface area contributed by atoms with Crippen molar-refractivity contribution in [3.05, 3.63) is 77.6 Å². The van der Waals surface area contributed by atoms with Gasteiger partial charge in [-0.25, -0.2) is 4.90 Å². The van der Waals surface area contributed by atoms with Gasteiger partial charge in [-0.1, -0.05) is 36.4 Å². The topological polar surface area (TPSA) is 86.7 Å². The molecule has 0 bridgehead atoms. The number of allylic oxidation sites excluding steroid dienone is 1. The fourth-order valence-electron chi connectivity index (χ4n) is 3.16. The summed E-state index contributed by atoms with van der Waals surface area (Å²) in [5.74, 6) is -5.34. The Morgan fingerprint density at radius 3 is 2.00 bits per heavy atom. The number of hydrogen-bond donors (Lipinski definition) is 2. The Kier molecular flexibility index (Phi) is 4.91. The molecule has 3 rings (SSSR count). The molecular formula is C20H15F3N2O4. The van der Waals surface area contributed by atoms with Crippen LogP contribution in [0.15, 0.2) is 72.0 Å². The van der Waals surface area contributed by atoms with Gasteiger partial charge in [0.2, 0.25) is 0 Å². The first-order valence-corrected chi connectivity index (χ1v) is 8.40. The summed E-state index contributed by atoms with van der Waals surface area (Å²) in [4.78, 5) is 38.6. The predicted molar refractivity (Wildman–Crippen MR) is 97.0 cm³/mol. The first-order valence-electron chi connectivity index (χ1n) is 8.40. The average molecular weight is 404 g/mol. The number of halogens is 3. The van der Waals surface area contributed by atoms with Crippen LogP contribution >= 0.6 is 0 Å². The van der Waals surface area contributed by atoms with E-state index in [0.717, 1.165) is 6.92 Å². The quantitative estimate of drug-likeness (QED) is 0.468. The number of nitrogens with one attached hydrogen (secondary N) is 1. The molecule has 0 aromatic heterocycles. The Labute approximate surface area is 163 Å². The Balaban J connectivity index is 2.21. The number of hydrogen-bond acceptors (Lipinski definition) is 4. The molecule has 0 radical (unpaired) electrons. The highest BCUT2D eigenvalue weighted by molar-refractivity contribution is 6.34. The molecule has 0 saturated carbocycles. The number of carbonyl (C=O) groups excluding carboxylic acids is 3. The van der Waals surface area contributed by atoms with Gasteiger partial charge in [-0.3, -0.25) is 14.4 Å². The molecule has 6 nitrogen and oxygen atoms in total. The molecule has 0 aliphatic carbocycles. The van der Waals surface area contributed by atoms with Gasteiger partial charge in [0.25, 0.3) is 23.3 Å². The molecule has 1 aliphatic rings. The Morgan fingerprint density at radius 2 is 1.52 bits per heavy atom. The molecule has 2 aromatic carbocycles. The number of nitrogens with zero attached hydrogens (tertiary/aromatic N) is 1. The average Bonchev–Trinajstić information content (AvgIpc) is 2.90. The normalized spacial score (nSPS) is 21.3. The van der Waals surface area contributed by atoms with Crippen LogP contribution in [0.5, 0.6) is 0 Å². The largest absolute Gasteiger partial charge is 0.512 e. The maximum absolute atomic E-state index is 14.3. The van der Waals surface area contributed by atoms with Crippen molar-refractivity contribution >= 4 is 23.4 Å². The Hall–Kier alpha value is -3.62. The molecule has 1 saturated heterocycles. The summed E-state index contributed by atoms with van der Waals surface area (Å²) in [6, 6.07) is 13.9. The number of benzene rings is 2. The van der Waals surface area contributed by atoms with Gasteiger partial charge in [-0.05, 0) is 31.2 Å². The van der Waals surface area contributed by atoms with Gasteiger partial charge < -0.3 is 10.4 Å². The van der Waals surface area contributed by atoms with E-state index in [2.05, 4.69) is 0 Å². The number of imide groups is 1. The van der Waals surface area contributed by atoms with E-state index in [1.54, 1.807) is 17.4 Å². The fourth-order valence-corrected chi connectivity index (χ4v) is 3.16. The molecule has 2 N–H and O–H groups in total. The summed E-state index contributed by atoms with van der Waals surface area (Å²) in [7, 11) is 0. The summed E-state index contributed by atoms with van der Waals surface area (Å²) in [6.07, 6.45) is -5.41. The van der Waals surface area contributed by atoms with Crippen molar-refractivity contribution in [2.45, 2.75) is 18.6 Å². The van der Waals surface area contributed by atoms with Crippen molar-refractivity contribution in [1.29, 1.82) is 0 Å². The highest BCUT2D eigenvalue weighted by Crippen LogP contribution is 2.45. The molecule has 0 spiro atoms. The van der Waals surface area contributed by atoms with E-state index in [1.807, 2.05) is 0 Å². The van der Waals surface area contributed by atoms with Crippen molar-refractivity contribution in [3.8, 4) is 0 Å². The summed E-state index contributed by atoms with van der Waals surface area (Å²) < 4.78 is 42.8. The van der Waals surface area contributed by atoms with Gasteiger partial charge in [0.05, 0.1) is 11.3 Å². The van der Waals surface area contributed by atoms with E-state index < -0.39 is 40.8 Å². The van der Waals surface area contributed by atoms with E-state index in [1.165, 1.54) is 48.5 Å². The van der Waals surface area contributed by atoms with Crippen molar-refractivity contribution in [1.82, 2.24) is 5.32 Å². The third-order valence-corrected chi connectivity index (χ3v) is 4.45. The zero-order valence-electron chi connectivity index (χ0n) is 15.0. The predicted octanol–water partition coefficient (Wildman–Crippen LogP) is 3.12. The summed E-state index contributed by atoms with van der Waals surface area (Å²) in [5.41, 5.74) is -5.25. The van der Waals surface area contributed by atoms with Gasteiger partial charge in [0.15, 0.2) is 0 Å². The van der Waals surface area contributed by atoms with E-state index in [0.29, 0.717) is 4.90 Å². The van der Waals surface area contributed by atoms with E-state index in [4.69, 9.17) is 0 Å². The minimum Gasteiger partial charge on any atom is -0.512 e. The fraction of sp³-hybridized carbons (Fsp3) is 0.150. The highest BCUT2D eigenvalue weighted by atomic mass is 19.4. The number of para-hydroxylation sites is 1. The van der Waals surface area contributed by atoms with Crippen LogP contribution in [0.3, 0.4) is 0 Å². The monoisotopic (exact) mass is 404 g/mol. The number of alkyl halides is 3. The second kappa shape index (κ2) is 7.08. The number of amides is 3. The van der Waals surface area contributed by atoms with Crippen LogP contribution < -0.4 is 10.2 Å². The number of aliphatic hydroxyl groups excluding tert-OH is 1. The van der Waals surface area contributed by atoms with E-state index in [-0.39, 0.29) is 11.3 Å². The molecule has 29 heavy (non-hydrogen) atoms. The van der Waals surface area contributed by atoms with E-state index >= 15 is 0 Å². The molecule has 1 aliphatic heterocycles. The van der Waals surface area contributed by atoms with Gasteiger partial charge in [0.1, 0.15) is 5.76 Å². The van der Waals surface area contributed by atoms with Gasteiger partial charge >= 0.3 is 6.18 Å². The van der Waals surface area contributed by atoms with Gasteiger partial charge in [0, 0.05) is 5.56 Å². The molecule has 9 heteroatoms. The van der Waals surface area contributed by atoms with Crippen LogP contribution in [-0.4, -0.2) is 34.5 Å². The molecule has 150 valence electrons. The standard InChI is InChI=1S/C20H15F3N2O4/c1-12(26)15-17(28)25(14-10-6-3-7-11-14)18(29)19(15,20(21,22)23)24-16(27)13-8-4-2-5-9-13/h2-11,26H,1H3,(H,24,27)/b15-12+/t19-/m0/s1. The van der Waals surface area contributed by atoms with Crippen LogP contribution in [-0.2, 0) is 9.59 Å². The van der Waals surface area contributed by atoms with Crippen LogP contribution in [0.4, 0.5) is 18.9 Å². The maximum Gasteiger partial charge on any atom is 0.425 e. The first-order chi connectivity index (χ1) is 13.6. The molecule has 3 amide bonds. The Bertz CT molecular complexity index is 999. The number of anilines is 1. The second-order valence-electron chi connectivity index (χ2n) is 6.31. The zero-order chi connectivity index (χ0) is 21.4. The zero-order valence-corrected chi connectivity index (χ0v) is 15.0. The highest BCUT2D eigenvalue weighted by Gasteiger charge is 2.72. The summed E-state index contributed by atoms with van der Waals surface area (Å²) in [5, 5.41) is 11.6. The van der Waals surface area contributed by atoms with Crippen molar-refractivity contribution in [2.75, 3.05) is 4.90 Å². The van der Waals surface area contributed by atoms with Crippen molar-refractivity contribution in [2.24, 2.45) is 0 Å². The molecule has 1 heterocycles. The lowest BCUT2D eigenvalue weighted by molar-refractivity contribution is -0.184. The molecule has 1 fully saturated rings. The second-order valence-corrected chi connectivity index (χ2v) is 6.31. The van der Waals surface area contributed by atoms with Gasteiger partial charge in [-0.2, -0.15) is 13.2 Å². The van der Waals surface area contributed by atoms with Crippen LogP contribution in [0.2, 0.25) is 0 Å². The lowest BCUT2D eigenvalue weighted by atomic mass is 9.89. The van der Waals surface area contributed by atoms with Gasteiger partial charge in [-0.15, -0.1) is 0 Å². The lowest BCUT2D eigenvalue weighted by Gasteiger charge is -2.31. The summed E-state index contributed by atoms with van der Waals surface area (Å²) in [6.45, 7) is 0.851. The first kappa shape index (κ1) is 20.1. The minimum absolute atomic E-state index is 0.124. The van der Waals surface area contributed by atoms with Crippen molar-refractivity contribution < 1.29 is 32.7 Å². The minimum atomic E-state index is -5.41. The van der Waals surface area contributed by atoms with E-state index in [9.17, 15) is 32.7 Å².